The standard InChI is InChI=1S/C20H20BrNO4.H3N/c1-26-16-9-10(8-11(21)20(16)25)17-18-12(4-2-6-14(18)23)22-13-5-3-7-15(24)19(13)17;/h8-9,17,22,25H,2-7H2,1H3;1H3. The Morgan fingerprint density at radius 3 is 2.11 bits per heavy atom. The van der Waals surface area contributed by atoms with Crippen molar-refractivity contribution in [1.82, 2.24) is 11.5 Å². The molecule has 0 amide bonds. The van der Waals surface area contributed by atoms with Gasteiger partial charge >= 0.3 is 0 Å². The van der Waals surface area contributed by atoms with Crippen LogP contribution in [-0.2, 0) is 9.59 Å². The summed E-state index contributed by atoms with van der Waals surface area (Å²) in [6.07, 6.45) is 4.30. The van der Waals surface area contributed by atoms with Gasteiger partial charge in [0.1, 0.15) is 0 Å². The summed E-state index contributed by atoms with van der Waals surface area (Å²) in [7, 11) is 1.49. The molecule has 1 aromatic carbocycles. The topological polar surface area (TPSA) is 111 Å². The van der Waals surface area contributed by atoms with Crippen molar-refractivity contribution in [3.8, 4) is 11.5 Å². The van der Waals surface area contributed by atoms with E-state index >= 15 is 0 Å². The molecule has 0 bridgehead atoms. The SMILES string of the molecule is COc1cc(C2C3=C(CCCC3=O)NC3=C2C(=O)CCC3)cc(Br)c1O.N. The number of rotatable bonds is 2. The second-order valence-electron chi connectivity index (χ2n) is 6.95. The number of allylic oxidation sites excluding steroid dienone is 4. The highest BCUT2D eigenvalue weighted by molar-refractivity contribution is 9.10. The summed E-state index contributed by atoms with van der Waals surface area (Å²) in [6, 6.07) is 3.52. The van der Waals surface area contributed by atoms with Crippen LogP contribution in [0.2, 0.25) is 0 Å². The monoisotopic (exact) mass is 434 g/mol. The number of hydrogen-bond acceptors (Lipinski definition) is 6. The van der Waals surface area contributed by atoms with Crippen LogP contribution in [0.4, 0.5) is 0 Å². The Morgan fingerprint density at radius 1 is 1.04 bits per heavy atom. The molecule has 0 fully saturated rings. The number of ether oxygens (including phenoxy) is 1. The van der Waals surface area contributed by atoms with Crippen molar-refractivity contribution in [2.75, 3.05) is 7.11 Å². The van der Waals surface area contributed by atoms with Crippen molar-refractivity contribution in [3.63, 3.8) is 0 Å². The number of methoxy groups -OCH3 is 1. The van der Waals surface area contributed by atoms with Gasteiger partial charge in [0.2, 0.25) is 0 Å². The summed E-state index contributed by atoms with van der Waals surface area (Å²) in [4.78, 5) is 25.6. The first-order chi connectivity index (χ1) is 12.5. The molecule has 0 unspecified atom stereocenters. The number of nitrogens with one attached hydrogen (secondary N) is 1. The van der Waals surface area contributed by atoms with Crippen molar-refractivity contribution >= 4 is 27.5 Å². The van der Waals surface area contributed by atoms with E-state index < -0.39 is 5.92 Å². The number of aromatic hydroxyl groups is 1. The van der Waals surface area contributed by atoms with E-state index in [1.165, 1.54) is 7.11 Å². The van der Waals surface area contributed by atoms with Gasteiger partial charge in [0.25, 0.3) is 0 Å². The zero-order chi connectivity index (χ0) is 18.4. The fourth-order valence-corrected chi connectivity index (χ4v) is 4.69. The Balaban J connectivity index is 0.00000210. The molecule has 0 saturated heterocycles. The highest BCUT2D eigenvalue weighted by Gasteiger charge is 2.40. The molecule has 0 radical (unpaired) electrons. The third kappa shape index (κ3) is 3.19. The zero-order valence-electron chi connectivity index (χ0n) is 15.2. The van der Waals surface area contributed by atoms with Crippen molar-refractivity contribution < 1.29 is 19.4 Å². The number of phenols is 1. The van der Waals surface area contributed by atoms with E-state index in [2.05, 4.69) is 21.2 Å². The number of dihydropyridines is 1. The largest absolute Gasteiger partial charge is 0.503 e. The van der Waals surface area contributed by atoms with Gasteiger partial charge < -0.3 is 21.3 Å². The number of halogens is 1. The minimum atomic E-state index is -0.396. The lowest BCUT2D eigenvalue weighted by molar-refractivity contribution is -0.116. The van der Waals surface area contributed by atoms with Gasteiger partial charge in [-0.1, -0.05) is 0 Å². The predicted octanol–water partition coefficient (Wildman–Crippen LogP) is 4.03. The van der Waals surface area contributed by atoms with Crippen LogP contribution in [0.1, 0.15) is 50.0 Å². The summed E-state index contributed by atoms with van der Waals surface area (Å²) in [5.74, 6) is 0.128. The van der Waals surface area contributed by atoms with Gasteiger partial charge in [0, 0.05) is 41.3 Å². The second-order valence-corrected chi connectivity index (χ2v) is 7.80. The molecule has 7 heteroatoms. The zero-order valence-corrected chi connectivity index (χ0v) is 16.8. The van der Waals surface area contributed by atoms with Crippen LogP contribution in [-0.4, -0.2) is 23.8 Å². The molecule has 1 aliphatic heterocycles. The quantitative estimate of drug-likeness (QED) is 0.647. The van der Waals surface area contributed by atoms with Crippen LogP contribution in [0.25, 0.3) is 0 Å². The Bertz CT molecular complexity index is 846. The fraction of sp³-hybridized carbons (Fsp3) is 0.400. The number of phenolic OH excluding ortho intramolecular Hbond substituents is 1. The smallest absolute Gasteiger partial charge is 0.172 e. The highest BCUT2D eigenvalue weighted by atomic mass is 79.9. The van der Waals surface area contributed by atoms with Crippen LogP contribution >= 0.6 is 15.9 Å². The molecule has 3 aliphatic rings. The molecular weight excluding hydrogens is 412 g/mol. The first kappa shape index (κ1) is 19.6. The maximum Gasteiger partial charge on any atom is 0.172 e. The maximum atomic E-state index is 12.8. The number of hydrogen-bond donors (Lipinski definition) is 3. The summed E-state index contributed by atoms with van der Waals surface area (Å²) in [5, 5.41) is 13.5. The number of carbonyl (C=O) groups is 2. The molecule has 4 rings (SSSR count). The van der Waals surface area contributed by atoms with Gasteiger partial charge in [-0.05, 0) is 59.3 Å². The van der Waals surface area contributed by atoms with Crippen molar-refractivity contribution in [3.05, 3.63) is 44.7 Å². The van der Waals surface area contributed by atoms with Gasteiger partial charge in [-0.3, -0.25) is 9.59 Å². The third-order valence-corrected chi connectivity index (χ3v) is 6.00. The van der Waals surface area contributed by atoms with E-state index in [9.17, 15) is 14.7 Å². The summed E-state index contributed by atoms with van der Waals surface area (Å²) < 4.78 is 5.77. The predicted molar refractivity (Wildman–Crippen MR) is 105 cm³/mol. The molecule has 5 N–H and O–H groups in total. The molecule has 6 nitrogen and oxygen atoms in total. The summed E-state index contributed by atoms with van der Waals surface area (Å²) >= 11 is 3.36. The van der Waals surface area contributed by atoms with Crippen molar-refractivity contribution in [2.45, 2.75) is 44.4 Å². The normalized spacial score (nSPS) is 19.9. The van der Waals surface area contributed by atoms with Crippen LogP contribution in [0, 0.1) is 0 Å². The molecule has 0 atom stereocenters. The molecular formula is C20H23BrN2O4. The average molecular weight is 435 g/mol. The van der Waals surface area contributed by atoms with Gasteiger partial charge in [-0.15, -0.1) is 0 Å². The fourth-order valence-electron chi connectivity index (χ4n) is 4.23. The lowest BCUT2D eigenvalue weighted by Gasteiger charge is -2.37. The second kappa shape index (κ2) is 7.48. The minimum absolute atomic E-state index is 0. The van der Waals surface area contributed by atoms with E-state index in [1.54, 1.807) is 12.1 Å². The molecule has 1 heterocycles. The number of ketones is 2. The van der Waals surface area contributed by atoms with Crippen LogP contribution in [0.3, 0.4) is 0 Å². The third-order valence-electron chi connectivity index (χ3n) is 5.40. The van der Waals surface area contributed by atoms with Crippen molar-refractivity contribution in [1.29, 1.82) is 0 Å². The molecule has 144 valence electrons. The van der Waals surface area contributed by atoms with Crippen molar-refractivity contribution in [2.24, 2.45) is 0 Å². The molecule has 2 aliphatic carbocycles. The van der Waals surface area contributed by atoms with E-state index in [0.717, 1.165) is 42.6 Å². The lowest BCUT2D eigenvalue weighted by Crippen LogP contribution is -2.36. The van der Waals surface area contributed by atoms with E-state index in [0.29, 0.717) is 34.2 Å². The molecule has 1 aromatic rings. The number of benzene rings is 1. The molecule has 0 aromatic heterocycles. The van der Waals surface area contributed by atoms with Gasteiger partial charge in [-0.25, -0.2) is 0 Å². The molecule has 0 spiro atoms. The molecule has 0 saturated carbocycles. The summed E-state index contributed by atoms with van der Waals surface area (Å²) in [5.41, 5.74) is 4.08. The number of Topliss-reactive ketones (excluding diaryl/α,β-unsaturated/α-hetero) is 2. The lowest BCUT2D eigenvalue weighted by atomic mass is 9.71. The average Bonchev–Trinajstić information content (AvgIpc) is 2.63. The van der Waals surface area contributed by atoms with Gasteiger partial charge in [0.05, 0.1) is 11.6 Å². The van der Waals surface area contributed by atoms with Crippen LogP contribution in [0.5, 0.6) is 11.5 Å². The Hall–Kier alpha value is -2.12. The summed E-state index contributed by atoms with van der Waals surface area (Å²) in [6.45, 7) is 0. The van der Waals surface area contributed by atoms with E-state index in [4.69, 9.17) is 4.74 Å². The van der Waals surface area contributed by atoms with Crippen LogP contribution in [0.15, 0.2) is 39.1 Å². The highest BCUT2D eigenvalue weighted by Crippen LogP contribution is 2.47. The van der Waals surface area contributed by atoms with Gasteiger partial charge in [-0.2, -0.15) is 0 Å². The maximum absolute atomic E-state index is 12.8. The first-order valence-electron chi connectivity index (χ1n) is 8.87. The Labute approximate surface area is 166 Å². The molecule has 27 heavy (non-hydrogen) atoms. The van der Waals surface area contributed by atoms with E-state index in [1.807, 2.05) is 0 Å². The minimum Gasteiger partial charge on any atom is -0.503 e. The first-order valence-corrected chi connectivity index (χ1v) is 9.66. The Kier molecular flexibility index (Phi) is 5.44. The Morgan fingerprint density at radius 2 is 1.59 bits per heavy atom. The number of carbonyl (C=O) groups excluding carboxylic acids is 2. The van der Waals surface area contributed by atoms with E-state index in [-0.39, 0.29) is 23.5 Å². The van der Waals surface area contributed by atoms with Crippen LogP contribution < -0.4 is 16.2 Å². The van der Waals surface area contributed by atoms with Gasteiger partial charge in [0.15, 0.2) is 23.1 Å².